The van der Waals surface area contributed by atoms with E-state index >= 15 is 4.39 Å². The van der Waals surface area contributed by atoms with Crippen molar-refractivity contribution in [2.75, 3.05) is 57.6 Å². The summed E-state index contributed by atoms with van der Waals surface area (Å²) in [6.45, 7) is 5.65. The molecule has 6 rings (SSSR count). The van der Waals surface area contributed by atoms with Gasteiger partial charge in [0.2, 0.25) is 5.95 Å². The topological polar surface area (TPSA) is 108 Å². The molecule has 2 fully saturated rings. The number of hydrogen-bond donors (Lipinski definition) is 3. The Kier molecular flexibility index (Phi) is 10.0. The number of ether oxygens (including phenoxy) is 1. The number of aliphatic hydroxyl groups excluding tert-OH is 1. The van der Waals surface area contributed by atoms with E-state index in [2.05, 4.69) is 56.2 Å². The van der Waals surface area contributed by atoms with Crippen molar-refractivity contribution in [2.24, 2.45) is 0 Å². The third-order valence-electron chi connectivity index (χ3n) is 9.47. The van der Waals surface area contributed by atoms with Crippen molar-refractivity contribution < 1.29 is 19.0 Å². The number of methoxy groups -OCH3 is 1. The van der Waals surface area contributed by atoms with Gasteiger partial charge in [0.05, 0.1) is 29.8 Å². The number of piperidine rings is 1. The van der Waals surface area contributed by atoms with Gasteiger partial charge >= 0.3 is 0 Å². The lowest BCUT2D eigenvalue weighted by Gasteiger charge is -2.34. The number of likely N-dealkylation sites (N-methyl/N-ethyl adjacent to an activating group) is 1. The molecular formula is C36H46FN7O3. The molecule has 1 aliphatic heterocycles. The molecule has 1 aliphatic carbocycles. The van der Waals surface area contributed by atoms with Gasteiger partial charge in [-0.25, -0.2) is 14.4 Å². The third-order valence-corrected chi connectivity index (χ3v) is 9.47. The smallest absolute Gasteiger partial charge is 0.261 e. The number of benzene rings is 2. The van der Waals surface area contributed by atoms with Gasteiger partial charge in [-0.15, -0.1) is 0 Å². The average Bonchev–Trinajstić information content (AvgIpc) is 3.43. The Labute approximate surface area is 275 Å². The van der Waals surface area contributed by atoms with Crippen molar-refractivity contribution in [2.45, 2.75) is 63.6 Å². The molecule has 0 radical (unpaired) electrons. The van der Waals surface area contributed by atoms with E-state index in [1.807, 2.05) is 6.07 Å². The maximum Gasteiger partial charge on any atom is 0.261 e. The highest BCUT2D eigenvalue weighted by molar-refractivity contribution is 6.05. The Bertz CT molecular complexity index is 1710. The van der Waals surface area contributed by atoms with Crippen LogP contribution in [0.5, 0.6) is 5.75 Å². The molecule has 0 unspecified atom stereocenters. The van der Waals surface area contributed by atoms with Crippen molar-refractivity contribution in [3.8, 4) is 17.0 Å². The number of aryl methyl sites for hydroxylation is 1. The van der Waals surface area contributed by atoms with E-state index in [0.717, 1.165) is 68.6 Å². The average molecular weight is 644 g/mol. The number of nitrogens with one attached hydrogen (secondary N) is 2. The molecule has 10 nitrogen and oxygen atoms in total. The largest absolute Gasteiger partial charge is 0.496 e. The number of imidazole rings is 1. The SMILES string of the molecule is COc1ccccc1-c1nc(C)cc(C(=O)Nc2nc3ccc(N4CCC(NCCN(C)C)CC4)cc3n2[C@H]2CC[C@@H](O)CC2)c1F. The lowest BCUT2D eigenvalue weighted by Crippen LogP contribution is -2.44. The lowest BCUT2D eigenvalue weighted by molar-refractivity contribution is 0.101. The van der Waals surface area contributed by atoms with E-state index < -0.39 is 11.7 Å². The second-order valence-corrected chi connectivity index (χ2v) is 13.1. The Morgan fingerprint density at radius 1 is 1.04 bits per heavy atom. The summed E-state index contributed by atoms with van der Waals surface area (Å²) in [4.78, 5) is 27.7. The fourth-order valence-corrected chi connectivity index (χ4v) is 6.90. The molecule has 2 aromatic heterocycles. The number of amides is 1. The molecular weight excluding hydrogens is 597 g/mol. The second-order valence-electron chi connectivity index (χ2n) is 13.1. The molecule has 2 aliphatic rings. The number of rotatable bonds is 10. The van der Waals surface area contributed by atoms with Crippen molar-refractivity contribution in [3.63, 3.8) is 0 Å². The van der Waals surface area contributed by atoms with Crippen molar-refractivity contribution in [1.82, 2.24) is 24.8 Å². The number of carbonyl (C=O) groups excluding carboxylic acids is 1. The first-order chi connectivity index (χ1) is 22.7. The standard InChI is InChI=1S/C36H46FN7O3/c1-23-21-29(33(37)34(39-23)28-7-5-6-8-32(28)47-4)35(46)41-36-40-30-14-11-26(22-31(30)44(36)25-9-12-27(45)13-10-25)43-18-15-24(16-19-43)38-17-20-42(2)3/h5-8,11,14,21-22,24-25,27,38,45H,9-10,12-13,15-20H2,1-4H3,(H,40,41,46)/t25-,27+. The first-order valence-electron chi connectivity index (χ1n) is 16.7. The van der Waals surface area contributed by atoms with Crippen LogP contribution < -0.4 is 20.3 Å². The first kappa shape index (κ1) is 32.9. The number of carbonyl (C=O) groups is 1. The zero-order chi connectivity index (χ0) is 33.1. The van der Waals surface area contributed by atoms with E-state index in [1.54, 1.807) is 31.2 Å². The van der Waals surface area contributed by atoms with E-state index in [9.17, 15) is 9.90 Å². The zero-order valence-corrected chi connectivity index (χ0v) is 27.8. The van der Waals surface area contributed by atoms with Crippen LogP contribution in [0.4, 0.5) is 16.0 Å². The maximum atomic E-state index is 16.1. The Morgan fingerprint density at radius 3 is 2.51 bits per heavy atom. The second kappa shape index (κ2) is 14.4. The predicted molar refractivity (Wildman–Crippen MR) is 184 cm³/mol. The third kappa shape index (κ3) is 7.27. The monoisotopic (exact) mass is 643 g/mol. The number of halogens is 1. The quantitative estimate of drug-likeness (QED) is 0.211. The van der Waals surface area contributed by atoms with Crippen LogP contribution in [-0.4, -0.2) is 90.0 Å². The molecule has 0 atom stereocenters. The fourth-order valence-electron chi connectivity index (χ4n) is 6.90. The first-order valence-corrected chi connectivity index (χ1v) is 16.7. The van der Waals surface area contributed by atoms with Gasteiger partial charge in [0, 0.05) is 55.2 Å². The fraction of sp³-hybridized carbons (Fsp3) is 0.472. The highest BCUT2D eigenvalue weighted by atomic mass is 19.1. The summed E-state index contributed by atoms with van der Waals surface area (Å²) in [5.74, 6) is -0.471. The Morgan fingerprint density at radius 2 is 1.79 bits per heavy atom. The number of fused-ring (bicyclic) bond motifs is 1. The molecule has 250 valence electrons. The number of nitrogens with zero attached hydrogens (tertiary/aromatic N) is 5. The highest BCUT2D eigenvalue weighted by Crippen LogP contribution is 2.37. The zero-order valence-electron chi connectivity index (χ0n) is 27.8. The van der Waals surface area contributed by atoms with Crippen LogP contribution in [0.1, 0.15) is 60.6 Å². The van der Waals surface area contributed by atoms with Gasteiger partial charge < -0.3 is 29.5 Å². The van der Waals surface area contributed by atoms with Crippen molar-refractivity contribution in [3.05, 3.63) is 65.6 Å². The van der Waals surface area contributed by atoms with Gasteiger partial charge in [0.15, 0.2) is 5.82 Å². The van der Waals surface area contributed by atoms with Crippen molar-refractivity contribution >= 4 is 28.6 Å². The van der Waals surface area contributed by atoms with Crippen molar-refractivity contribution in [1.29, 1.82) is 0 Å². The van der Waals surface area contributed by atoms with Crippen LogP contribution in [-0.2, 0) is 0 Å². The Balaban J connectivity index is 1.29. The molecule has 2 aromatic carbocycles. The summed E-state index contributed by atoms with van der Waals surface area (Å²) >= 11 is 0. The maximum absolute atomic E-state index is 16.1. The molecule has 1 amide bonds. The molecule has 0 bridgehead atoms. The molecule has 3 N–H and O–H groups in total. The predicted octanol–water partition coefficient (Wildman–Crippen LogP) is 5.40. The van der Waals surface area contributed by atoms with Gasteiger partial charge in [-0.1, -0.05) is 12.1 Å². The normalized spacial score (nSPS) is 19.0. The molecule has 11 heteroatoms. The van der Waals surface area contributed by atoms with Gasteiger partial charge in [-0.05, 0) is 95.9 Å². The minimum absolute atomic E-state index is 0.0359. The summed E-state index contributed by atoms with van der Waals surface area (Å²) < 4.78 is 23.6. The van der Waals surface area contributed by atoms with E-state index in [1.165, 1.54) is 13.2 Å². The van der Waals surface area contributed by atoms with Gasteiger partial charge in [0.1, 0.15) is 11.4 Å². The van der Waals surface area contributed by atoms with Gasteiger partial charge in [-0.2, -0.15) is 0 Å². The molecule has 3 heterocycles. The highest BCUT2D eigenvalue weighted by Gasteiger charge is 2.28. The Hall–Kier alpha value is -4.06. The van der Waals surface area contributed by atoms with Gasteiger partial charge in [-0.3, -0.25) is 10.1 Å². The van der Waals surface area contributed by atoms with Gasteiger partial charge in [0.25, 0.3) is 5.91 Å². The molecule has 4 aromatic rings. The molecule has 1 saturated heterocycles. The summed E-state index contributed by atoms with van der Waals surface area (Å²) in [5, 5.41) is 16.9. The number of pyridine rings is 1. The van der Waals surface area contributed by atoms with Crippen LogP contribution in [0.15, 0.2) is 48.5 Å². The van der Waals surface area contributed by atoms with Crippen LogP contribution in [0.25, 0.3) is 22.3 Å². The molecule has 1 saturated carbocycles. The van der Waals surface area contributed by atoms with Crippen LogP contribution >= 0.6 is 0 Å². The molecule has 47 heavy (non-hydrogen) atoms. The number of anilines is 2. The van der Waals surface area contributed by atoms with Crippen LogP contribution in [0.3, 0.4) is 0 Å². The summed E-state index contributed by atoms with van der Waals surface area (Å²) in [5.41, 5.74) is 3.73. The number of aliphatic hydroxyl groups is 1. The molecule has 0 spiro atoms. The summed E-state index contributed by atoms with van der Waals surface area (Å²) in [6, 6.07) is 15.3. The number of hydrogen-bond acceptors (Lipinski definition) is 8. The number of aromatic nitrogens is 3. The number of para-hydroxylation sites is 1. The summed E-state index contributed by atoms with van der Waals surface area (Å²) in [7, 11) is 5.71. The minimum Gasteiger partial charge on any atom is -0.496 e. The summed E-state index contributed by atoms with van der Waals surface area (Å²) in [6.07, 6.45) is 4.66. The van der Waals surface area contributed by atoms with E-state index in [0.29, 0.717) is 41.8 Å². The minimum atomic E-state index is -0.719. The van der Waals surface area contributed by atoms with Crippen LogP contribution in [0.2, 0.25) is 0 Å². The lowest BCUT2D eigenvalue weighted by atomic mass is 9.93. The van der Waals surface area contributed by atoms with E-state index in [4.69, 9.17) is 9.72 Å². The van der Waals surface area contributed by atoms with Crippen LogP contribution in [0, 0.1) is 12.7 Å². The van der Waals surface area contributed by atoms with E-state index in [-0.39, 0.29) is 23.4 Å².